The van der Waals surface area contributed by atoms with Crippen molar-refractivity contribution < 1.29 is 18.8 Å². The van der Waals surface area contributed by atoms with Crippen LogP contribution < -0.4 is 10.2 Å². The summed E-state index contributed by atoms with van der Waals surface area (Å²) in [5.41, 5.74) is 1.71. The molecule has 35 heavy (non-hydrogen) atoms. The van der Waals surface area contributed by atoms with Crippen LogP contribution in [-0.2, 0) is 33.0 Å². The van der Waals surface area contributed by atoms with Gasteiger partial charge in [0.2, 0.25) is 11.8 Å². The van der Waals surface area contributed by atoms with Gasteiger partial charge in [-0.05, 0) is 36.2 Å². The molecule has 1 spiro atoms. The van der Waals surface area contributed by atoms with Crippen molar-refractivity contribution in [2.75, 3.05) is 4.90 Å². The molecular weight excluding hydrogens is 445 g/mol. The quantitative estimate of drug-likeness (QED) is 0.595. The fourth-order valence-electron chi connectivity index (χ4n) is 6.02. The predicted molar refractivity (Wildman–Crippen MR) is 127 cm³/mol. The Morgan fingerprint density at radius 3 is 2.17 bits per heavy atom. The highest BCUT2D eigenvalue weighted by Crippen LogP contribution is 2.54. The fraction of sp³-hybridized carbons (Fsp3) is 0.250. The Bertz CT molecular complexity index is 1340. The second-order valence-electron chi connectivity index (χ2n) is 9.53. The van der Waals surface area contributed by atoms with Crippen molar-refractivity contribution in [2.45, 2.75) is 31.6 Å². The van der Waals surface area contributed by atoms with E-state index in [-0.39, 0.29) is 42.7 Å². The van der Waals surface area contributed by atoms with Crippen LogP contribution in [0.4, 0.5) is 10.1 Å². The number of carbonyl (C=O) groups excluding carboxylic acids is 3. The predicted octanol–water partition coefficient (Wildman–Crippen LogP) is 3.36. The highest BCUT2D eigenvalue weighted by molar-refractivity contribution is 6.16. The normalized spacial score (nSPS) is 27.1. The molecule has 7 heteroatoms. The SMILES string of the molecule is C[C@@H]1N[C@]2(C(=O)N(Cc3ccc(F)cc3)c3ccccc32)[C@H]2C(=O)N(Cc3ccccc3)C(=O)[C@@H]12. The summed E-state index contributed by atoms with van der Waals surface area (Å²) < 4.78 is 13.5. The number of nitrogens with one attached hydrogen (secondary N) is 1. The van der Waals surface area contributed by atoms with E-state index < -0.39 is 17.4 Å². The Morgan fingerprint density at radius 2 is 1.43 bits per heavy atom. The van der Waals surface area contributed by atoms with Gasteiger partial charge in [0.15, 0.2) is 0 Å². The van der Waals surface area contributed by atoms with Crippen LogP contribution in [0.2, 0.25) is 0 Å². The molecule has 2 fully saturated rings. The maximum absolute atomic E-state index is 14.2. The topological polar surface area (TPSA) is 69.7 Å². The van der Waals surface area contributed by atoms with Gasteiger partial charge in [0.05, 0.1) is 24.9 Å². The van der Waals surface area contributed by atoms with Gasteiger partial charge >= 0.3 is 0 Å². The summed E-state index contributed by atoms with van der Waals surface area (Å²) in [6.45, 7) is 2.28. The molecule has 3 aliphatic rings. The molecule has 3 aliphatic heterocycles. The Hall–Kier alpha value is -3.84. The number of carbonyl (C=O) groups is 3. The van der Waals surface area contributed by atoms with Crippen LogP contribution in [0, 0.1) is 17.7 Å². The number of anilines is 1. The van der Waals surface area contributed by atoms with E-state index in [1.165, 1.54) is 17.0 Å². The number of benzene rings is 3. The third-order valence-corrected chi connectivity index (χ3v) is 7.54. The molecule has 0 bridgehead atoms. The van der Waals surface area contributed by atoms with Crippen LogP contribution in [0.3, 0.4) is 0 Å². The maximum atomic E-state index is 14.2. The Balaban J connectivity index is 1.41. The van der Waals surface area contributed by atoms with E-state index >= 15 is 0 Å². The standard InChI is InChI=1S/C28H24FN3O3/c1-17-23-24(26(34)32(25(23)33)16-18-7-3-2-4-8-18)28(30-17)21-9-5-6-10-22(21)31(27(28)35)15-19-11-13-20(29)14-12-19/h2-14,17,23-24,30H,15-16H2,1H3/t17-,23-,24+,28-/m0/s1. The van der Waals surface area contributed by atoms with Gasteiger partial charge in [-0.3, -0.25) is 24.6 Å². The third kappa shape index (κ3) is 3.08. The number of amides is 3. The Labute approximate surface area is 202 Å². The summed E-state index contributed by atoms with van der Waals surface area (Å²) in [4.78, 5) is 44.4. The number of rotatable bonds is 4. The number of fused-ring (bicyclic) bond motifs is 4. The van der Waals surface area contributed by atoms with Gasteiger partial charge in [0, 0.05) is 17.3 Å². The minimum absolute atomic E-state index is 0.184. The lowest BCUT2D eigenvalue weighted by atomic mass is 9.76. The molecule has 0 saturated carbocycles. The minimum atomic E-state index is -1.32. The average Bonchev–Trinajstić information content (AvgIpc) is 3.40. The van der Waals surface area contributed by atoms with Gasteiger partial charge in [0.25, 0.3) is 5.91 Å². The molecule has 0 unspecified atom stereocenters. The number of likely N-dealkylation sites (tertiary alicyclic amines) is 1. The molecule has 6 nitrogen and oxygen atoms in total. The summed E-state index contributed by atoms with van der Waals surface area (Å²) >= 11 is 0. The lowest BCUT2D eigenvalue weighted by Crippen LogP contribution is -2.54. The highest BCUT2D eigenvalue weighted by atomic mass is 19.1. The minimum Gasteiger partial charge on any atom is -0.306 e. The number of halogens is 1. The monoisotopic (exact) mass is 469 g/mol. The molecule has 0 radical (unpaired) electrons. The van der Waals surface area contributed by atoms with E-state index in [9.17, 15) is 18.8 Å². The molecule has 0 aliphatic carbocycles. The zero-order valence-electron chi connectivity index (χ0n) is 19.1. The summed E-state index contributed by atoms with van der Waals surface area (Å²) in [6, 6.07) is 22.5. The summed E-state index contributed by atoms with van der Waals surface area (Å²) in [5.74, 6) is -2.64. The van der Waals surface area contributed by atoms with Crippen LogP contribution in [0.5, 0.6) is 0 Å². The molecule has 176 valence electrons. The molecule has 1 N–H and O–H groups in total. The first-order chi connectivity index (χ1) is 16.9. The van der Waals surface area contributed by atoms with Crippen LogP contribution in [-0.4, -0.2) is 28.7 Å². The first-order valence-electron chi connectivity index (χ1n) is 11.7. The van der Waals surface area contributed by atoms with Crippen molar-refractivity contribution in [3.05, 3.63) is 101 Å². The van der Waals surface area contributed by atoms with Crippen LogP contribution >= 0.6 is 0 Å². The third-order valence-electron chi connectivity index (χ3n) is 7.54. The van der Waals surface area contributed by atoms with Gasteiger partial charge in [-0.1, -0.05) is 60.7 Å². The lowest BCUT2D eigenvalue weighted by Gasteiger charge is -2.30. The second kappa shape index (κ2) is 7.85. The molecular formula is C28H24FN3O3. The van der Waals surface area contributed by atoms with Crippen molar-refractivity contribution >= 4 is 23.4 Å². The first-order valence-corrected chi connectivity index (χ1v) is 11.7. The number of hydrogen-bond acceptors (Lipinski definition) is 4. The van der Waals surface area contributed by atoms with Crippen LogP contribution in [0.1, 0.15) is 23.6 Å². The molecule has 2 saturated heterocycles. The van der Waals surface area contributed by atoms with Gasteiger partial charge in [0.1, 0.15) is 11.4 Å². The summed E-state index contributed by atoms with van der Waals surface area (Å²) in [7, 11) is 0. The molecule has 3 aromatic carbocycles. The summed E-state index contributed by atoms with van der Waals surface area (Å²) in [6.07, 6.45) is 0. The van der Waals surface area contributed by atoms with Gasteiger partial charge in [-0.2, -0.15) is 0 Å². The van der Waals surface area contributed by atoms with Gasteiger partial charge in [-0.25, -0.2) is 4.39 Å². The largest absolute Gasteiger partial charge is 0.306 e. The van der Waals surface area contributed by atoms with E-state index in [1.54, 1.807) is 17.0 Å². The summed E-state index contributed by atoms with van der Waals surface area (Å²) in [5, 5.41) is 3.39. The number of para-hydroxylation sites is 1. The fourth-order valence-corrected chi connectivity index (χ4v) is 6.02. The van der Waals surface area contributed by atoms with Crippen molar-refractivity contribution in [1.29, 1.82) is 0 Å². The van der Waals surface area contributed by atoms with E-state index in [0.29, 0.717) is 11.3 Å². The van der Waals surface area contributed by atoms with Gasteiger partial charge < -0.3 is 4.90 Å². The van der Waals surface area contributed by atoms with Crippen molar-refractivity contribution in [3.8, 4) is 0 Å². The van der Waals surface area contributed by atoms with E-state index in [1.807, 2.05) is 61.5 Å². The molecule has 3 amide bonds. The first kappa shape index (κ1) is 21.7. The van der Waals surface area contributed by atoms with Crippen LogP contribution in [0.25, 0.3) is 0 Å². The molecule has 3 aromatic rings. The second-order valence-corrected chi connectivity index (χ2v) is 9.53. The van der Waals surface area contributed by atoms with E-state index in [2.05, 4.69) is 5.32 Å². The molecule has 4 atom stereocenters. The Morgan fingerprint density at radius 1 is 0.800 bits per heavy atom. The smallest absolute Gasteiger partial charge is 0.253 e. The number of hydrogen-bond donors (Lipinski definition) is 1. The average molecular weight is 470 g/mol. The molecule has 6 rings (SSSR count). The van der Waals surface area contributed by atoms with Crippen LogP contribution in [0.15, 0.2) is 78.9 Å². The highest BCUT2D eigenvalue weighted by Gasteiger charge is 2.70. The number of nitrogens with zero attached hydrogens (tertiary/aromatic N) is 2. The van der Waals surface area contributed by atoms with E-state index in [4.69, 9.17) is 0 Å². The maximum Gasteiger partial charge on any atom is 0.253 e. The zero-order chi connectivity index (χ0) is 24.3. The Kier molecular flexibility index (Phi) is 4.86. The van der Waals surface area contributed by atoms with Gasteiger partial charge in [-0.15, -0.1) is 0 Å². The van der Waals surface area contributed by atoms with E-state index in [0.717, 1.165) is 11.1 Å². The van der Waals surface area contributed by atoms with Crippen molar-refractivity contribution in [3.63, 3.8) is 0 Å². The molecule has 0 aromatic heterocycles. The molecule has 3 heterocycles. The van der Waals surface area contributed by atoms with Crippen molar-refractivity contribution in [1.82, 2.24) is 10.2 Å². The van der Waals surface area contributed by atoms with Crippen molar-refractivity contribution in [2.24, 2.45) is 11.8 Å². The number of imide groups is 1. The zero-order valence-corrected chi connectivity index (χ0v) is 19.1. The lowest BCUT2D eigenvalue weighted by molar-refractivity contribution is -0.143.